The molecule has 1 N–H and O–H groups in total. The van der Waals surface area contributed by atoms with Crippen LogP contribution in [0.3, 0.4) is 0 Å². The lowest BCUT2D eigenvalue weighted by Crippen LogP contribution is -2.35. The normalized spacial score (nSPS) is 22.6. The Morgan fingerprint density at radius 3 is 2.95 bits per heavy atom. The fraction of sp³-hybridized carbons (Fsp3) is 0.308. The molecule has 0 aromatic carbocycles. The van der Waals surface area contributed by atoms with Crippen LogP contribution < -0.4 is 0 Å². The smallest absolute Gasteiger partial charge is 0.259 e. The van der Waals surface area contributed by atoms with Gasteiger partial charge in [0.25, 0.3) is 5.91 Å². The van der Waals surface area contributed by atoms with Gasteiger partial charge in [0.2, 0.25) is 0 Å². The van der Waals surface area contributed by atoms with Crippen molar-refractivity contribution in [3.63, 3.8) is 0 Å². The third-order valence-corrected chi connectivity index (χ3v) is 4.74. The van der Waals surface area contributed by atoms with Crippen LogP contribution in [0.25, 0.3) is 10.7 Å². The molecular formula is C13H12ClN3O2S. The van der Waals surface area contributed by atoms with Crippen LogP contribution in [0.15, 0.2) is 24.4 Å². The zero-order valence-electron chi connectivity index (χ0n) is 10.7. The number of hydrogen-bond donors (Lipinski definition) is 1. The summed E-state index contributed by atoms with van der Waals surface area (Å²) >= 11 is 7.12. The first kappa shape index (κ1) is 13.5. The molecular weight excluding hydrogens is 298 g/mol. The lowest BCUT2D eigenvalue weighted by Gasteiger charge is -2.18. The van der Waals surface area contributed by atoms with E-state index in [1.165, 1.54) is 16.2 Å². The number of aromatic nitrogens is 2. The monoisotopic (exact) mass is 309 g/mol. The lowest BCUT2D eigenvalue weighted by molar-refractivity contribution is -0.142. The molecule has 0 radical (unpaired) electrons. The third-order valence-electron chi connectivity index (χ3n) is 3.36. The van der Waals surface area contributed by atoms with Gasteiger partial charge < -0.3 is 10.0 Å². The first-order valence-electron chi connectivity index (χ1n) is 6.08. The maximum atomic E-state index is 12.0. The summed E-state index contributed by atoms with van der Waals surface area (Å²) in [5.41, 5.74) is -0.820. The van der Waals surface area contributed by atoms with Gasteiger partial charge in [0.05, 0.1) is 4.88 Å². The Morgan fingerprint density at radius 1 is 1.50 bits per heavy atom. The van der Waals surface area contributed by atoms with Gasteiger partial charge in [-0.05, 0) is 12.1 Å². The molecule has 0 saturated carbocycles. The lowest BCUT2D eigenvalue weighted by atomic mass is 10.0. The largest absolute Gasteiger partial charge is 0.375 e. The van der Waals surface area contributed by atoms with E-state index in [-0.39, 0.29) is 5.91 Å². The van der Waals surface area contributed by atoms with E-state index in [0.29, 0.717) is 33.7 Å². The first-order valence-corrected chi connectivity index (χ1v) is 7.27. The maximum absolute atomic E-state index is 12.0. The molecule has 1 aliphatic rings. The fourth-order valence-electron chi connectivity index (χ4n) is 2.19. The highest BCUT2D eigenvalue weighted by atomic mass is 35.5. The Bertz CT molecular complexity index is 675. The van der Waals surface area contributed by atoms with E-state index in [1.807, 2.05) is 0 Å². The summed E-state index contributed by atoms with van der Waals surface area (Å²) in [6.07, 6.45) is 1.92. The molecule has 104 valence electrons. The second kappa shape index (κ2) is 4.80. The molecule has 2 aromatic rings. The molecule has 1 amide bonds. The second-order valence-corrected chi connectivity index (χ2v) is 6.13. The maximum Gasteiger partial charge on any atom is 0.259 e. The Kier molecular flexibility index (Phi) is 3.24. The number of rotatable bonds is 2. The second-order valence-electron chi connectivity index (χ2n) is 4.71. The van der Waals surface area contributed by atoms with Crippen molar-refractivity contribution in [2.45, 2.75) is 12.0 Å². The third kappa shape index (κ3) is 2.09. The molecule has 7 heteroatoms. The molecule has 3 rings (SSSR count). The minimum atomic E-state index is -1.46. The molecule has 1 aliphatic heterocycles. The number of amides is 1. The van der Waals surface area contributed by atoms with Gasteiger partial charge >= 0.3 is 0 Å². The van der Waals surface area contributed by atoms with Crippen LogP contribution in [0.4, 0.5) is 0 Å². The minimum absolute atomic E-state index is 0.285. The van der Waals surface area contributed by atoms with Crippen molar-refractivity contribution in [2.75, 3.05) is 13.6 Å². The van der Waals surface area contributed by atoms with Gasteiger partial charge in [0, 0.05) is 26.2 Å². The molecule has 0 bridgehead atoms. The molecule has 1 unspecified atom stereocenters. The molecule has 1 saturated heterocycles. The van der Waals surface area contributed by atoms with Crippen LogP contribution in [-0.2, 0) is 10.4 Å². The number of hydrogen-bond acceptors (Lipinski definition) is 5. The summed E-state index contributed by atoms with van der Waals surface area (Å²) < 4.78 is 0. The number of likely N-dealkylation sites (N-methyl/N-ethyl adjacent to an activating group) is 1. The van der Waals surface area contributed by atoms with Crippen molar-refractivity contribution in [3.05, 3.63) is 34.4 Å². The van der Waals surface area contributed by atoms with Crippen molar-refractivity contribution in [3.8, 4) is 10.7 Å². The van der Waals surface area contributed by atoms with Crippen molar-refractivity contribution in [1.29, 1.82) is 0 Å². The average molecular weight is 310 g/mol. The van der Waals surface area contributed by atoms with Gasteiger partial charge in [-0.2, -0.15) is 0 Å². The summed E-state index contributed by atoms with van der Waals surface area (Å²) in [5.74, 6) is -0.285. The van der Waals surface area contributed by atoms with Gasteiger partial charge in [0.15, 0.2) is 5.60 Å². The quantitative estimate of drug-likeness (QED) is 0.861. The van der Waals surface area contributed by atoms with Gasteiger partial charge in [-0.15, -0.1) is 11.3 Å². The molecule has 1 fully saturated rings. The number of carbonyl (C=O) groups excluding carboxylic acids is 1. The summed E-state index contributed by atoms with van der Waals surface area (Å²) in [6, 6.07) is 5.26. The van der Waals surface area contributed by atoms with E-state index in [4.69, 9.17) is 11.6 Å². The summed E-state index contributed by atoms with van der Waals surface area (Å²) in [6.45, 7) is 0.540. The molecule has 2 aromatic heterocycles. The fourth-order valence-corrected chi connectivity index (χ4v) is 3.35. The van der Waals surface area contributed by atoms with Gasteiger partial charge in [-0.1, -0.05) is 17.7 Å². The van der Waals surface area contributed by atoms with Crippen molar-refractivity contribution in [2.24, 2.45) is 0 Å². The molecule has 5 nitrogen and oxygen atoms in total. The molecule has 20 heavy (non-hydrogen) atoms. The van der Waals surface area contributed by atoms with Gasteiger partial charge in [-0.3, -0.25) is 4.79 Å². The summed E-state index contributed by atoms with van der Waals surface area (Å²) in [4.78, 5) is 22.5. The number of aliphatic hydroxyl groups is 1. The van der Waals surface area contributed by atoms with Gasteiger partial charge in [-0.25, -0.2) is 9.97 Å². The van der Waals surface area contributed by atoms with E-state index in [2.05, 4.69) is 9.97 Å². The van der Waals surface area contributed by atoms with E-state index in [1.54, 1.807) is 31.4 Å². The number of carbonyl (C=O) groups is 1. The van der Waals surface area contributed by atoms with Gasteiger partial charge in [0.1, 0.15) is 15.9 Å². The highest BCUT2D eigenvalue weighted by Gasteiger charge is 2.46. The van der Waals surface area contributed by atoms with Crippen molar-refractivity contribution < 1.29 is 9.90 Å². The van der Waals surface area contributed by atoms with Crippen LogP contribution in [0.2, 0.25) is 5.15 Å². The molecule has 0 aliphatic carbocycles. The van der Waals surface area contributed by atoms with E-state index < -0.39 is 5.60 Å². The highest BCUT2D eigenvalue weighted by molar-refractivity contribution is 7.15. The molecule has 0 spiro atoms. The minimum Gasteiger partial charge on any atom is -0.375 e. The van der Waals surface area contributed by atoms with E-state index >= 15 is 0 Å². The van der Waals surface area contributed by atoms with Crippen molar-refractivity contribution in [1.82, 2.24) is 14.9 Å². The Morgan fingerprint density at radius 2 is 2.30 bits per heavy atom. The number of thiazole rings is 1. The average Bonchev–Trinajstić information content (AvgIpc) is 3.02. The standard InChI is InChI=1S/C13H12ClN3O2S/c1-17-6-5-13(19,12(17)18)9-7-15-11(20-9)8-3-2-4-10(14)16-8/h2-4,7,19H,5-6H2,1H3. The Hall–Kier alpha value is -1.50. The molecule has 3 heterocycles. The SMILES string of the molecule is CN1CCC(O)(c2cnc(-c3cccc(Cl)n3)s2)C1=O. The number of halogens is 1. The Balaban J connectivity index is 1.97. The van der Waals surface area contributed by atoms with Crippen LogP contribution in [0.5, 0.6) is 0 Å². The van der Waals surface area contributed by atoms with Crippen LogP contribution >= 0.6 is 22.9 Å². The molecule has 1 atom stereocenters. The number of likely N-dealkylation sites (tertiary alicyclic amines) is 1. The first-order chi connectivity index (χ1) is 9.50. The number of pyridine rings is 1. The summed E-state index contributed by atoms with van der Waals surface area (Å²) in [5, 5.41) is 11.6. The zero-order chi connectivity index (χ0) is 14.3. The number of nitrogens with zero attached hydrogens (tertiary/aromatic N) is 3. The van der Waals surface area contributed by atoms with Crippen LogP contribution in [0, 0.1) is 0 Å². The summed E-state index contributed by atoms with van der Waals surface area (Å²) in [7, 11) is 1.68. The predicted molar refractivity (Wildman–Crippen MR) is 76.5 cm³/mol. The van der Waals surface area contributed by atoms with Crippen LogP contribution in [-0.4, -0.2) is 39.5 Å². The van der Waals surface area contributed by atoms with Crippen LogP contribution in [0.1, 0.15) is 11.3 Å². The van der Waals surface area contributed by atoms with E-state index in [9.17, 15) is 9.90 Å². The topological polar surface area (TPSA) is 66.3 Å². The zero-order valence-corrected chi connectivity index (χ0v) is 12.3. The van der Waals surface area contributed by atoms with Crippen molar-refractivity contribution >= 4 is 28.8 Å². The Labute approximate surface area is 124 Å². The van der Waals surface area contributed by atoms with E-state index in [0.717, 1.165) is 0 Å². The predicted octanol–water partition coefficient (Wildman–Crippen LogP) is 1.91. The highest BCUT2D eigenvalue weighted by Crippen LogP contribution is 2.37.